The van der Waals surface area contributed by atoms with Crippen LogP contribution in [0.1, 0.15) is 6.92 Å². The van der Waals surface area contributed by atoms with Crippen LogP contribution in [0.5, 0.6) is 0 Å². The van der Waals surface area contributed by atoms with Gasteiger partial charge in [0.15, 0.2) is 0 Å². The SMILES string of the molecule is CC1COC(CO)CN1C(=O)CSc1ccncc1. The summed E-state index contributed by atoms with van der Waals surface area (Å²) >= 11 is 1.50. The van der Waals surface area contributed by atoms with Gasteiger partial charge in [-0.05, 0) is 19.1 Å². The molecule has 1 saturated heterocycles. The molecule has 2 rings (SSSR count). The summed E-state index contributed by atoms with van der Waals surface area (Å²) in [4.78, 5) is 19.0. The van der Waals surface area contributed by atoms with Gasteiger partial charge in [-0.15, -0.1) is 11.8 Å². The summed E-state index contributed by atoms with van der Waals surface area (Å²) in [6, 6.07) is 3.84. The molecule has 104 valence electrons. The molecule has 1 N–H and O–H groups in total. The Morgan fingerprint density at radius 1 is 1.58 bits per heavy atom. The van der Waals surface area contributed by atoms with Gasteiger partial charge in [0, 0.05) is 23.8 Å². The number of carbonyl (C=O) groups is 1. The number of amides is 1. The number of rotatable bonds is 4. The summed E-state index contributed by atoms with van der Waals surface area (Å²) in [5, 5.41) is 9.11. The molecule has 1 fully saturated rings. The van der Waals surface area contributed by atoms with E-state index in [4.69, 9.17) is 9.84 Å². The fourth-order valence-electron chi connectivity index (χ4n) is 1.94. The van der Waals surface area contributed by atoms with Crippen molar-refractivity contribution in [1.29, 1.82) is 0 Å². The van der Waals surface area contributed by atoms with E-state index in [1.807, 2.05) is 19.1 Å². The van der Waals surface area contributed by atoms with Crippen LogP contribution in [-0.2, 0) is 9.53 Å². The van der Waals surface area contributed by atoms with Gasteiger partial charge in [0.05, 0.1) is 31.1 Å². The summed E-state index contributed by atoms with van der Waals surface area (Å²) in [5.74, 6) is 0.475. The number of carbonyl (C=O) groups excluding carboxylic acids is 1. The highest BCUT2D eigenvalue weighted by Crippen LogP contribution is 2.19. The fraction of sp³-hybridized carbons (Fsp3) is 0.538. The van der Waals surface area contributed by atoms with Crippen LogP contribution in [0, 0.1) is 0 Å². The second-order valence-electron chi connectivity index (χ2n) is 4.50. The van der Waals surface area contributed by atoms with E-state index in [0.717, 1.165) is 4.90 Å². The summed E-state index contributed by atoms with van der Waals surface area (Å²) in [7, 11) is 0. The van der Waals surface area contributed by atoms with Gasteiger partial charge in [0.2, 0.25) is 5.91 Å². The quantitative estimate of drug-likeness (QED) is 0.827. The molecule has 0 aromatic carbocycles. The number of ether oxygens (including phenoxy) is 1. The molecule has 1 aromatic heterocycles. The number of nitrogens with zero attached hydrogens (tertiary/aromatic N) is 2. The fourth-order valence-corrected chi connectivity index (χ4v) is 2.71. The third kappa shape index (κ3) is 3.92. The number of thioether (sulfide) groups is 1. The first-order chi connectivity index (χ1) is 9.20. The van der Waals surface area contributed by atoms with E-state index in [9.17, 15) is 4.79 Å². The Hall–Kier alpha value is -1.11. The summed E-state index contributed by atoms with van der Waals surface area (Å²) < 4.78 is 5.42. The number of aliphatic hydroxyl groups excluding tert-OH is 1. The maximum atomic E-state index is 12.2. The molecule has 1 aliphatic heterocycles. The molecule has 0 radical (unpaired) electrons. The zero-order valence-electron chi connectivity index (χ0n) is 10.9. The van der Waals surface area contributed by atoms with Crippen molar-refractivity contribution in [2.24, 2.45) is 0 Å². The molecule has 2 heterocycles. The molecule has 1 aliphatic rings. The van der Waals surface area contributed by atoms with Crippen LogP contribution < -0.4 is 0 Å². The van der Waals surface area contributed by atoms with Gasteiger partial charge in [-0.25, -0.2) is 0 Å². The molecular weight excluding hydrogens is 264 g/mol. The van der Waals surface area contributed by atoms with Crippen molar-refractivity contribution in [1.82, 2.24) is 9.88 Å². The van der Waals surface area contributed by atoms with Crippen molar-refractivity contribution >= 4 is 17.7 Å². The van der Waals surface area contributed by atoms with Crippen molar-refractivity contribution in [2.45, 2.75) is 24.0 Å². The topological polar surface area (TPSA) is 62.7 Å². The Morgan fingerprint density at radius 2 is 2.32 bits per heavy atom. The highest BCUT2D eigenvalue weighted by atomic mass is 32.2. The monoisotopic (exact) mass is 282 g/mol. The summed E-state index contributed by atoms with van der Waals surface area (Å²) in [6.07, 6.45) is 3.17. The van der Waals surface area contributed by atoms with Gasteiger partial charge in [-0.3, -0.25) is 9.78 Å². The molecule has 0 spiro atoms. The van der Waals surface area contributed by atoms with Crippen LogP contribution in [0.25, 0.3) is 0 Å². The lowest BCUT2D eigenvalue weighted by molar-refractivity contribution is -0.143. The number of pyridine rings is 1. The zero-order chi connectivity index (χ0) is 13.7. The minimum atomic E-state index is -0.258. The minimum absolute atomic E-state index is 0.0476. The van der Waals surface area contributed by atoms with Crippen LogP contribution in [-0.4, -0.2) is 58.6 Å². The van der Waals surface area contributed by atoms with Crippen LogP contribution in [0.2, 0.25) is 0 Å². The molecular formula is C13H18N2O3S. The minimum Gasteiger partial charge on any atom is -0.394 e. The van der Waals surface area contributed by atoms with Gasteiger partial charge in [0.25, 0.3) is 0 Å². The van der Waals surface area contributed by atoms with Crippen LogP contribution in [0.4, 0.5) is 0 Å². The Bertz CT molecular complexity index is 416. The first-order valence-corrected chi connectivity index (χ1v) is 7.24. The number of hydrogen-bond donors (Lipinski definition) is 1. The van der Waals surface area contributed by atoms with Crippen molar-refractivity contribution < 1.29 is 14.6 Å². The molecule has 19 heavy (non-hydrogen) atoms. The van der Waals surface area contributed by atoms with Crippen molar-refractivity contribution in [3.05, 3.63) is 24.5 Å². The molecule has 0 bridgehead atoms. The van der Waals surface area contributed by atoms with Gasteiger partial charge in [-0.1, -0.05) is 0 Å². The highest BCUT2D eigenvalue weighted by Gasteiger charge is 2.28. The van der Waals surface area contributed by atoms with Crippen LogP contribution in [0.3, 0.4) is 0 Å². The molecule has 6 heteroatoms. The van der Waals surface area contributed by atoms with Gasteiger partial charge < -0.3 is 14.7 Å². The van der Waals surface area contributed by atoms with Crippen LogP contribution in [0.15, 0.2) is 29.4 Å². The van der Waals surface area contributed by atoms with E-state index >= 15 is 0 Å². The normalized spacial score (nSPS) is 23.4. The molecule has 1 aromatic rings. The molecule has 2 atom stereocenters. The lowest BCUT2D eigenvalue weighted by atomic mass is 10.2. The average molecular weight is 282 g/mol. The lowest BCUT2D eigenvalue weighted by Gasteiger charge is -2.37. The maximum absolute atomic E-state index is 12.2. The summed E-state index contributed by atoms with van der Waals surface area (Å²) in [6.45, 7) is 2.86. The average Bonchev–Trinajstić information content (AvgIpc) is 2.46. The smallest absolute Gasteiger partial charge is 0.233 e. The van der Waals surface area contributed by atoms with E-state index < -0.39 is 0 Å². The van der Waals surface area contributed by atoms with E-state index in [0.29, 0.717) is 18.9 Å². The standard InChI is InChI=1S/C13H18N2O3S/c1-10-8-18-11(7-16)6-15(10)13(17)9-19-12-2-4-14-5-3-12/h2-5,10-11,16H,6-9H2,1H3. The first kappa shape index (κ1) is 14.3. The third-order valence-corrected chi connectivity index (χ3v) is 4.04. The Kier molecular flexibility index (Phi) is 5.18. The Morgan fingerprint density at radius 3 is 3.00 bits per heavy atom. The maximum Gasteiger partial charge on any atom is 0.233 e. The number of morpholine rings is 1. The van der Waals surface area contributed by atoms with E-state index in [2.05, 4.69) is 4.98 Å². The second kappa shape index (κ2) is 6.88. The van der Waals surface area contributed by atoms with Gasteiger partial charge >= 0.3 is 0 Å². The van der Waals surface area contributed by atoms with Crippen molar-refractivity contribution in [3.8, 4) is 0 Å². The van der Waals surface area contributed by atoms with Gasteiger partial charge in [-0.2, -0.15) is 0 Å². The lowest BCUT2D eigenvalue weighted by Crippen LogP contribution is -2.52. The van der Waals surface area contributed by atoms with Gasteiger partial charge in [0.1, 0.15) is 0 Å². The van der Waals surface area contributed by atoms with E-state index in [1.165, 1.54) is 11.8 Å². The summed E-state index contributed by atoms with van der Waals surface area (Å²) in [5.41, 5.74) is 0. The predicted octanol–water partition coefficient (Wildman–Crippen LogP) is 0.782. The first-order valence-electron chi connectivity index (χ1n) is 6.25. The third-order valence-electron chi connectivity index (χ3n) is 3.04. The largest absolute Gasteiger partial charge is 0.394 e. The van der Waals surface area contributed by atoms with E-state index in [1.54, 1.807) is 17.3 Å². The predicted molar refractivity (Wildman–Crippen MR) is 73.0 cm³/mol. The number of hydrogen-bond acceptors (Lipinski definition) is 5. The zero-order valence-corrected chi connectivity index (χ0v) is 11.7. The Balaban J connectivity index is 1.88. The molecule has 0 aliphatic carbocycles. The van der Waals surface area contributed by atoms with Crippen molar-refractivity contribution in [2.75, 3.05) is 25.5 Å². The molecule has 0 saturated carbocycles. The number of aliphatic hydroxyl groups is 1. The molecule has 1 amide bonds. The van der Waals surface area contributed by atoms with Crippen molar-refractivity contribution in [3.63, 3.8) is 0 Å². The molecule has 5 nitrogen and oxygen atoms in total. The van der Waals surface area contributed by atoms with Crippen LogP contribution >= 0.6 is 11.8 Å². The number of aromatic nitrogens is 1. The second-order valence-corrected chi connectivity index (χ2v) is 5.55. The van der Waals surface area contributed by atoms with E-state index in [-0.39, 0.29) is 24.7 Å². The Labute approximate surface area is 117 Å². The molecule has 2 unspecified atom stereocenters. The highest BCUT2D eigenvalue weighted by molar-refractivity contribution is 8.00.